The molecule has 5 rings (SSSR count). The van der Waals surface area contributed by atoms with E-state index < -0.39 is 0 Å². The van der Waals surface area contributed by atoms with Crippen molar-refractivity contribution in [3.63, 3.8) is 0 Å². The van der Waals surface area contributed by atoms with E-state index in [4.69, 9.17) is 21.1 Å². The molecular weight excluding hydrogens is 512 g/mol. The second-order valence-electron chi connectivity index (χ2n) is 10.7. The molecule has 1 saturated heterocycles. The lowest BCUT2D eigenvalue weighted by Crippen LogP contribution is -2.44. The number of nitrogens with one attached hydrogen (secondary N) is 1. The number of amides is 1. The molecule has 2 aromatic carbocycles. The molecule has 1 aromatic heterocycles. The Hall–Kier alpha value is -2.74. The number of ether oxygens (including phenoxy) is 2. The zero-order valence-corrected chi connectivity index (χ0v) is 24.0. The van der Waals surface area contributed by atoms with Gasteiger partial charge in [-0.15, -0.1) is 0 Å². The van der Waals surface area contributed by atoms with Gasteiger partial charge in [0.15, 0.2) is 0 Å². The molecule has 1 amide bonds. The number of carbonyl (C=O) groups is 1. The van der Waals surface area contributed by atoms with Gasteiger partial charge in [-0.3, -0.25) is 4.90 Å². The number of fused-ring (bicyclic) bond motifs is 3. The molecule has 1 atom stereocenters. The van der Waals surface area contributed by atoms with Crippen LogP contribution in [0.4, 0.5) is 4.79 Å². The summed E-state index contributed by atoms with van der Waals surface area (Å²) in [7, 11) is 2.20. The Kier molecular flexibility index (Phi) is 9.32. The lowest BCUT2D eigenvalue weighted by molar-refractivity contribution is 0.0932. The fourth-order valence-corrected chi connectivity index (χ4v) is 5.98. The van der Waals surface area contributed by atoms with E-state index in [2.05, 4.69) is 34.0 Å². The van der Waals surface area contributed by atoms with Crippen molar-refractivity contribution in [3.8, 4) is 5.75 Å². The first kappa shape index (κ1) is 27.8. The molecule has 8 heteroatoms. The van der Waals surface area contributed by atoms with E-state index in [1.54, 1.807) is 0 Å². The van der Waals surface area contributed by atoms with Crippen LogP contribution in [0.25, 0.3) is 10.9 Å². The largest absolute Gasteiger partial charge is 0.494 e. The number of hydrogen-bond donors (Lipinski definition) is 1. The molecule has 210 valence electrons. The Labute approximate surface area is 237 Å². The minimum atomic E-state index is -0.294. The van der Waals surface area contributed by atoms with Crippen molar-refractivity contribution in [2.24, 2.45) is 0 Å². The fourth-order valence-electron chi connectivity index (χ4n) is 5.81. The monoisotopic (exact) mass is 552 g/mol. The van der Waals surface area contributed by atoms with Gasteiger partial charge in [0.2, 0.25) is 0 Å². The van der Waals surface area contributed by atoms with Gasteiger partial charge in [-0.05, 0) is 81.2 Å². The number of halogens is 1. The Bertz CT molecular complexity index is 1240. The van der Waals surface area contributed by atoms with E-state index >= 15 is 0 Å². The van der Waals surface area contributed by atoms with E-state index in [1.807, 2.05) is 42.2 Å². The molecule has 1 N–H and O–H groups in total. The van der Waals surface area contributed by atoms with Crippen LogP contribution in [-0.2, 0) is 11.2 Å². The van der Waals surface area contributed by atoms with Gasteiger partial charge >= 0.3 is 6.09 Å². The molecule has 0 bridgehead atoms. The van der Waals surface area contributed by atoms with Crippen LogP contribution in [0, 0.1) is 0 Å². The van der Waals surface area contributed by atoms with Crippen LogP contribution in [0.15, 0.2) is 42.5 Å². The van der Waals surface area contributed by atoms with E-state index in [0.29, 0.717) is 18.2 Å². The zero-order chi connectivity index (χ0) is 27.2. The number of hydrogen-bond acceptors (Lipinski definition) is 5. The first-order valence-corrected chi connectivity index (χ1v) is 14.8. The molecular formula is C31H41ClN4O3. The highest BCUT2D eigenvalue weighted by Gasteiger charge is 2.35. The molecule has 0 saturated carbocycles. The number of aromatic amines is 1. The topological polar surface area (TPSA) is 61.0 Å². The van der Waals surface area contributed by atoms with Crippen LogP contribution < -0.4 is 4.74 Å². The van der Waals surface area contributed by atoms with Crippen molar-refractivity contribution in [3.05, 3.63) is 64.3 Å². The maximum Gasteiger partial charge on any atom is 0.410 e. The van der Waals surface area contributed by atoms with Crippen molar-refractivity contribution < 1.29 is 14.3 Å². The van der Waals surface area contributed by atoms with E-state index in [-0.39, 0.29) is 12.1 Å². The van der Waals surface area contributed by atoms with Crippen LogP contribution in [0.3, 0.4) is 0 Å². The Morgan fingerprint density at radius 2 is 1.77 bits per heavy atom. The highest BCUT2D eigenvalue weighted by molar-refractivity contribution is 6.31. The van der Waals surface area contributed by atoms with Crippen molar-refractivity contribution in [2.75, 3.05) is 59.5 Å². The smallest absolute Gasteiger partial charge is 0.410 e. The summed E-state index contributed by atoms with van der Waals surface area (Å²) in [5.41, 5.74) is 4.30. The lowest BCUT2D eigenvalue weighted by Gasteiger charge is -2.35. The highest BCUT2D eigenvalue weighted by Crippen LogP contribution is 2.39. The maximum atomic E-state index is 12.9. The van der Waals surface area contributed by atoms with Crippen molar-refractivity contribution in [2.45, 2.75) is 45.1 Å². The fraction of sp³-hybridized carbons (Fsp3) is 0.516. The quantitative estimate of drug-likeness (QED) is 0.307. The third-order valence-electron chi connectivity index (χ3n) is 8.02. The third-order valence-corrected chi connectivity index (χ3v) is 8.26. The lowest BCUT2D eigenvalue weighted by atomic mass is 9.92. The Morgan fingerprint density at radius 1 is 1.00 bits per heavy atom. The van der Waals surface area contributed by atoms with Crippen molar-refractivity contribution in [1.82, 2.24) is 19.7 Å². The average Bonchev–Trinajstić information content (AvgIpc) is 3.31. The molecule has 3 aromatic rings. The summed E-state index contributed by atoms with van der Waals surface area (Å²) in [6, 6.07) is 13.8. The first-order valence-electron chi connectivity index (χ1n) is 14.4. The van der Waals surface area contributed by atoms with Crippen molar-refractivity contribution in [1.29, 1.82) is 0 Å². The van der Waals surface area contributed by atoms with Crippen LogP contribution in [-0.4, -0.2) is 85.3 Å². The van der Waals surface area contributed by atoms with Crippen LogP contribution in [0.1, 0.15) is 55.5 Å². The molecule has 2 aliphatic rings. The zero-order valence-electron chi connectivity index (χ0n) is 23.3. The van der Waals surface area contributed by atoms with Gasteiger partial charge in [-0.25, -0.2) is 4.79 Å². The average molecular weight is 553 g/mol. The summed E-state index contributed by atoms with van der Waals surface area (Å²) < 4.78 is 11.5. The summed E-state index contributed by atoms with van der Waals surface area (Å²) in [6.45, 7) is 9.48. The second-order valence-corrected chi connectivity index (χ2v) is 11.2. The second kappa shape index (κ2) is 13.1. The number of aromatic nitrogens is 1. The molecule has 0 radical (unpaired) electrons. The molecule has 1 fully saturated rings. The number of nitrogens with zero attached hydrogens (tertiary/aromatic N) is 3. The highest BCUT2D eigenvalue weighted by atomic mass is 35.5. The van der Waals surface area contributed by atoms with Gasteiger partial charge in [-0.1, -0.05) is 36.6 Å². The predicted octanol–water partition coefficient (Wildman–Crippen LogP) is 6.11. The Morgan fingerprint density at radius 3 is 2.54 bits per heavy atom. The van der Waals surface area contributed by atoms with Gasteiger partial charge in [0.1, 0.15) is 11.8 Å². The molecule has 0 spiro atoms. The standard InChI is InChI=1S/C31H41ClN4O3/c1-3-38-31(37)36-16-14-26-27-22-24(32)10-13-28(27)33-29(26)30(36)23-8-11-25(12-9-23)39-21-7-5-4-6-15-35-19-17-34(2)18-20-35/h8-13,22,30,33H,3-7,14-21H2,1-2H3. The molecule has 1 unspecified atom stereocenters. The number of carbonyl (C=O) groups excluding carboxylic acids is 1. The first-order chi connectivity index (χ1) is 19.0. The number of rotatable bonds is 10. The normalized spacial score (nSPS) is 18.3. The summed E-state index contributed by atoms with van der Waals surface area (Å²) in [5.74, 6) is 0.860. The molecule has 3 heterocycles. The minimum absolute atomic E-state index is 0.256. The number of likely N-dealkylation sites (N-methyl/N-ethyl adjacent to an activating group) is 1. The van der Waals surface area contributed by atoms with Gasteiger partial charge in [0, 0.05) is 54.3 Å². The van der Waals surface area contributed by atoms with Crippen LogP contribution in [0.2, 0.25) is 5.02 Å². The molecule has 39 heavy (non-hydrogen) atoms. The molecule has 0 aliphatic carbocycles. The number of benzene rings is 2. The van der Waals surface area contributed by atoms with E-state index in [9.17, 15) is 4.79 Å². The maximum absolute atomic E-state index is 12.9. The van der Waals surface area contributed by atoms with Crippen LogP contribution in [0.5, 0.6) is 5.75 Å². The third kappa shape index (κ3) is 6.71. The van der Waals surface area contributed by atoms with Gasteiger partial charge < -0.3 is 24.3 Å². The van der Waals surface area contributed by atoms with Crippen LogP contribution >= 0.6 is 11.6 Å². The summed E-state index contributed by atoms with van der Waals surface area (Å²) in [6.07, 6.45) is 5.22. The number of H-pyrrole nitrogens is 1. The van der Waals surface area contributed by atoms with E-state index in [0.717, 1.165) is 47.4 Å². The summed E-state index contributed by atoms with van der Waals surface area (Å²) in [4.78, 5) is 23.3. The number of unbranched alkanes of at least 4 members (excludes halogenated alkanes) is 3. The molecule has 7 nitrogen and oxygen atoms in total. The van der Waals surface area contributed by atoms with Gasteiger partial charge in [0.05, 0.1) is 13.2 Å². The van der Waals surface area contributed by atoms with Gasteiger partial charge in [0.25, 0.3) is 0 Å². The molecule has 2 aliphatic heterocycles. The van der Waals surface area contributed by atoms with Gasteiger partial charge in [-0.2, -0.15) is 0 Å². The number of piperazine rings is 1. The summed E-state index contributed by atoms with van der Waals surface area (Å²) >= 11 is 6.31. The SMILES string of the molecule is CCOC(=O)N1CCc2c([nH]c3ccc(Cl)cc23)C1c1ccc(OCCCCCCN2CCN(C)CC2)cc1. The Balaban J connectivity index is 1.18. The predicted molar refractivity (Wildman–Crippen MR) is 157 cm³/mol. The minimum Gasteiger partial charge on any atom is -0.494 e. The summed E-state index contributed by atoms with van der Waals surface area (Å²) in [5, 5.41) is 1.83. The van der Waals surface area contributed by atoms with Crippen molar-refractivity contribution >= 4 is 28.6 Å². The van der Waals surface area contributed by atoms with E-state index in [1.165, 1.54) is 57.5 Å².